The molecule has 0 aliphatic carbocycles. The Kier molecular flexibility index (Phi) is 4.45. The number of anilines is 2. The Morgan fingerprint density at radius 1 is 1.18 bits per heavy atom. The molecule has 0 fully saturated rings. The fraction of sp³-hybridized carbons (Fsp3) is 0.167. The molecule has 0 radical (unpaired) electrons. The van der Waals surface area contributed by atoms with E-state index in [1.54, 1.807) is 11.4 Å². The van der Waals surface area contributed by atoms with Crippen LogP contribution < -0.4 is 9.03 Å². The highest BCUT2D eigenvalue weighted by Crippen LogP contribution is 2.30. The second-order valence-corrected chi connectivity index (χ2v) is 9.30. The second kappa shape index (κ2) is 5.86. The first-order chi connectivity index (χ1) is 10.1. The third-order valence-corrected chi connectivity index (χ3v) is 6.75. The van der Waals surface area contributed by atoms with Crippen molar-refractivity contribution in [2.24, 2.45) is 0 Å². The number of rotatable bonds is 5. The van der Waals surface area contributed by atoms with Crippen LogP contribution >= 0.6 is 11.3 Å². The molecule has 0 amide bonds. The van der Waals surface area contributed by atoms with Gasteiger partial charge < -0.3 is 0 Å². The number of thiophene rings is 1. The molecule has 0 aliphatic heterocycles. The van der Waals surface area contributed by atoms with E-state index < -0.39 is 25.9 Å². The van der Waals surface area contributed by atoms with Gasteiger partial charge >= 0.3 is 0 Å². The Balaban J connectivity index is 2.49. The van der Waals surface area contributed by atoms with Gasteiger partial charge in [0.05, 0.1) is 17.6 Å². The summed E-state index contributed by atoms with van der Waals surface area (Å²) < 4.78 is 64.2. The molecule has 0 unspecified atom stereocenters. The van der Waals surface area contributed by atoms with Gasteiger partial charge in [-0.25, -0.2) is 21.2 Å². The van der Waals surface area contributed by atoms with Gasteiger partial charge in [0.1, 0.15) is 10.0 Å². The molecule has 0 aliphatic rings. The maximum atomic E-state index is 13.4. The van der Waals surface area contributed by atoms with Crippen molar-refractivity contribution < 1.29 is 21.2 Å². The number of nitrogens with one attached hydrogen (secondary N) is 1. The number of hydrogen-bond donors (Lipinski definition) is 1. The molecule has 6 nitrogen and oxygen atoms in total. The van der Waals surface area contributed by atoms with Crippen molar-refractivity contribution in [1.29, 1.82) is 0 Å². The molecular formula is C12H13FN2O4S3. The van der Waals surface area contributed by atoms with Crippen molar-refractivity contribution in [3.63, 3.8) is 0 Å². The van der Waals surface area contributed by atoms with Gasteiger partial charge in [0.25, 0.3) is 10.0 Å². The molecule has 1 aromatic carbocycles. The van der Waals surface area contributed by atoms with Crippen molar-refractivity contribution in [2.75, 3.05) is 22.3 Å². The summed E-state index contributed by atoms with van der Waals surface area (Å²) in [5, 5.41) is 1.59. The maximum absolute atomic E-state index is 13.4. The first kappa shape index (κ1) is 16.7. The summed E-state index contributed by atoms with van der Waals surface area (Å²) in [5.74, 6) is -0.686. The molecule has 22 heavy (non-hydrogen) atoms. The van der Waals surface area contributed by atoms with Gasteiger partial charge in [-0.2, -0.15) is 0 Å². The van der Waals surface area contributed by atoms with Crippen LogP contribution in [0.1, 0.15) is 0 Å². The van der Waals surface area contributed by atoms with Crippen LogP contribution in [0.5, 0.6) is 0 Å². The largest absolute Gasteiger partial charge is 0.277 e. The van der Waals surface area contributed by atoms with Crippen molar-refractivity contribution in [2.45, 2.75) is 4.21 Å². The quantitative estimate of drug-likeness (QED) is 0.880. The summed E-state index contributed by atoms with van der Waals surface area (Å²) in [5.41, 5.74) is -0.120. The summed E-state index contributed by atoms with van der Waals surface area (Å²) >= 11 is 0.997. The van der Waals surface area contributed by atoms with Crippen molar-refractivity contribution >= 4 is 42.8 Å². The summed E-state index contributed by atoms with van der Waals surface area (Å²) in [6.07, 6.45) is 0.966. The van der Waals surface area contributed by atoms with E-state index in [4.69, 9.17) is 0 Å². The second-order valence-electron chi connectivity index (χ2n) is 4.43. The van der Waals surface area contributed by atoms with E-state index >= 15 is 0 Å². The fourth-order valence-corrected chi connectivity index (χ4v) is 4.23. The predicted octanol–water partition coefficient (Wildman–Crippen LogP) is 2.08. The number of benzene rings is 1. The van der Waals surface area contributed by atoms with Crippen LogP contribution in [0.4, 0.5) is 15.8 Å². The SMILES string of the molecule is CN(c1ccc(F)cc1NS(=O)(=O)c1cccs1)S(C)(=O)=O. The molecule has 1 heterocycles. The zero-order valence-corrected chi connectivity index (χ0v) is 14.1. The molecule has 0 atom stereocenters. The van der Waals surface area contributed by atoms with E-state index in [2.05, 4.69) is 4.72 Å². The van der Waals surface area contributed by atoms with E-state index in [0.29, 0.717) is 0 Å². The molecule has 2 rings (SSSR count). The Bertz CT molecular complexity index is 877. The normalized spacial score (nSPS) is 12.1. The number of sulfonamides is 2. The Labute approximate surface area is 132 Å². The van der Waals surface area contributed by atoms with E-state index in [1.165, 1.54) is 19.2 Å². The van der Waals surface area contributed by atoms with Gasteiger partial charge in [0.15, 0.2) is 0 Å². The Morgan fingerprint density at radius 2 is 1.86 bits per heavy atom. The zero-order chi connectivity index (χ0) is 16.5. The summed E-state index contributed by atoms with van der Waals surface area (Å²) in [7, 11) is -6.27. The third kappa shape index (κ3) is 3.57. The van der Waals surface area contributed by atoms with E-state index in [1.807, 2.05) is 0 Å². The minimum atomic E-state index is -3.91. The average molecular weight is 364 g/mol. The minimum Gasteiger partial charge on any atom is -0.277 e. The van der Waals surface area contributed by atoms with Crippen molar-refractivity contribution in [3.8, 4) is 0 Å². The lowest BCUT2D eigenvalue weighted by Gasteiger charge is -2.20. The summed E-state index contributed by atoms with van der Waals surface area (Å²) in [6, 6.07) is 6.14. The standard InChI is InChI=1S/C12H13FN2O4S3/c1-15(21(2,16)17)11-6-5-9(13)8-10(11)14-22(18,19)12-4-3-7-20-12/h3-8,14H,1-2H3. The van der Waals surface area contributed by atoms with E-state index in [9.17, 15) is 21.2 Å². The summed E-state index contributed by atoms with van der Waals surface area (Å²) in [6.45, 7) is 0. The minimum absolute atomic E-state index is 0.0315. The molecular weight excluding hydrogens is 351 g/mol. The van der Waals surface area contributed by atoms with E-state index in [-0.39, 0.29) is 15.6 Å². The van der Waals surface area contributed by atoms with Gasteiger partial charge in [0, 0.05) is 13.1 Å². The number of hydrogen-bond acceptors (Lipinski definition) is 5. The molecule has 10 heteroatoms. The molecule has 120 valence electrons. The fourth-order valence-electron chi connectivity index (χ4n) is 1.65. The van der Waals surface area contributed by atoms with Crippen molar-refractivity contribution in [3.05, 3.63) is 41.5 Å². The Morgan fingerprint density at radius 3 is 2.41 bits per heavy atom. The Hall–Kier alpha value is -1.65. The lowest BCUT2D eigenvalue weighted by molar-refractivity contribution is 0.598. The van der Waals surface area contributed by atoms with Crippen LogP contribution in [0.15, 0.2) is 39.9 Å². The van der Waals surface area contributed by atoms with Crippen LogP contribution in [0, 0.1) is 5.82 Å². The first-order valence-electron chi connectivity index (χ1n) is 5.91. The molecule has 0 saturated heterocycles. The first-order valence-corrected chi connectivity index (χ1v) is 10.1. The van der Waals surface area contributed by atoms with Crippen LogP contribution in [-0.4, -0.2) is 30.1 Å². The van der Waals surface area contributed by atoms with Gasteiger partial charge in [-0.3, -0.25) is 9.03 Å². The summed E-state index contributed by atoms with van der Waals surface area (Å²) in [4.78, 5) is 0. The van der Waals surface area contributed by atoms with E-state index in [0.717, 1.165) is 34.0 Å². The zero-order valence-electron chi connectivity index (χ0n) is 11.6. The maximum Gasteiger partial charge on any atom is 0.271 e. The molecule has 0 spiro atoms. The highest BCUT2D eigenvalue weighted by atomic mass is 32.2. The average Bonchev–Trinajstić information content (AvgIpc) is 2.91. The number of nitrogens with zero attached hydrogens (tertiary/aromatic N) is 1. The molecule has 1 aromatic heterocycles. The van der Waals surface area contributed by atoms with Crippen LogP contribution in [0.25, 0.3) is 0 Å². The lowest BCUT2D eigenvalue weighted by atomic mass is 10.2. The predicted molar refractivity (Wildman–Crippen MR) is 84.8 cm³/mol. The van der Waals surface area contributed by atoms with Gasteiger partial charge in [-0.05, 0) is 23.6 Å². The molecule has 0 bridgehead atoms. The highest BCUT2D eigenvalue weighted by molar-refractivity contribution is 7.94. The molecule has 1 N–H and O–H groups in total. The van der Waals surface area contributed by atoms with Crippen LogP contribution in [-0.2, 0) is 20.0 Å². The highest BCUT2D eigenvalue weighted by Gasteiger charge is 2.21. The topological polar surface area (TPSA) is 83.6 Å². The van der Waals surface area contributed by atoms with Crippen LogP contribution in [0.3, 0.4) is 0 Å². The van der Waals surface area contributed by atoms with Crippen LogP contribution in [0.2, 0.25) is 0 Å². The van der Waals surface area contributed by atoms with Gasteiger partial charge in [-0.1, -0.05) is 6.07 Å². The lowest BCUT2D eigenvalue weighted by Crippen LogP contribution is -2.26. The van der Waals surface area contributed by atoms with Gasteiger partial charge in [-0.15, -0.1) is 11.3 Å². The van der Waals surface area contributed by atoms with Crippen molar-refractivity contribution in [1.82, 2.24) is 0 Å². The third-order valence-electron chi connectivity index (χ3n) is 2.80. The molecule has 0 saturated carbocycles. The molecule has 2 aromatic rings. The monoisotopic (exact) mass is 364 g/mol. The van der Waals surface area contributed by atoms with Gasteiger partial charge in [0.2, 0.25) is 10.0 Å². The number of halogens is 1. The smallest absolute Gasteiger partial charge is 0.271 e.